The molecular formula is C13H25N3. The topological polar surface area (TPSA) is 29.9 Å². The van der Waals surface area contributed by atoms with E-state index < -0.39 is 0 Å². The monoisotopic (exact) mass is 223 g/mol. The number of rotatable bonds is 7. The van der Waals surface area contributed by atoms with Gasteiger partial charge in [-0.3, -0.25) is 4.68 Å². The highest BCUT2D eigenvalue weighted by molar-refractivity contribution is 5.17. The van der Waals surface area contributed by atoms with Crippen LogP contribution in [0.5, 0.6) is 0 Å². The van der Waals surface area contributed by atoms with Crippen LogP contribution >= 0.6 is 0 Å². The lowest BCUT2D eigenvalue weighted by Crippen LogP contribution is -2.11. The maximum Gasteiger partial charge on any atom is 0.0537 e. The van der Waals surface area contributed by atoms with Crippen molar-refractivity contribution in [2.24, 2.45) is 5.92 Å². The number of nitrogens with zero attached hydrogens (tertiary/aromatic N) is 2. The van der Waals surface area contributed by atoms with E-state index in [1.165, 1.54) is 24.1 Å². The Morgan fingerprint density at radius 2 is 2.19 bits per heavy atom. The lowest BCUT2D eigenvalue weighted by atomic mass is 10.1. The van der Waals surface area contributed by atoms with E-state index in [-0.39, 0.29) is 0 Å². The van der Waals surface area contributed by atoms with E-state index in [0.717, 1.165) is 25.4 Å². The zero-order chi connectivity index (χ0) is 12.0. The van der Waals surface area contributed by atoms with Gasteiger partial charge in [-0.15, -0.1) is 0 Å². The molecule has 3 nitrogen and oxygen atoms in total. The molecule has 1 rings (SSSR count). The Morgan fingerprint density at radius 3 is 2.75 bits per heavy atom. The van der Waals surface area contributed by atoms with E-state index in [0.29, 0.717) is 0 Å². The third-order valence-electron chi connectivity index (χ3n) is 2.81. The van der Waals surface area contributed by atoms with E-state index in [9.17, 15) is 0 Å². The molecule has 0 aliphatic heterocycles. The van der Waals surface area contributed by atoms with Crippen LogP contribution in [0.15, 0.2) is 6.20 Å². The number of aromatic nitrogens is 2. The van der Waals surface area contributed by atoms with Gasteiger partial charge in [0.05, 0.1) is 6.20 Å². The first-order valence-corrected chi connectivity index (χ1v) is 6.37. The summed E-state index contributed by atoms with van der Waals surface area (Å²) in [6.45, 7) is 8.73. The van der Waals surface area contributed by atoms with Gasteiger partial charge in [-0.2, -0.15) is 5.10 Å². The van der Waals surface area contributed by atoms with Crippen molar-refractivity contribution in [2.75, 3.05) is 7.05 Å². The largest absolute Gasteiger partial charge is 0.316 e. The van der Waals surface area contributed by atoms with Crippen LogP contribution in [0.3, 0.4) is 0 Å². The van der Waals surface area contributed by atoms with Crippen molar-refractivity contribution in [3.63, 3.8) is 0 Å². The highest BCUT2D eigenvalue weighted by Crippen LogP contribution is 2.13. The molecule has 92 valence electrons. The zero-order valence-electron chi connectivity index (χ0n) is 11.1. The minimum Gasteiger partial charge on any atom is -0.316 e. The molecule has 1 aromatic rings. The van der Waals surface area contributed by atoms with Crippen LogP contribution in [0.2, 0.25) is 0 Å². The normalized spacial score (nSPS) is 11.3. The fraction of sp³-hybridized carbons (Fsp3) is 0.769. The van der Waals surface area contributed by atoms with Crippen LogP contribution in [-0.2, 0) is 19.5 Å². The van der Waals surface area contributed by atoms with Gasteiger partial charge in [-0.25, -0.2) is 0 Å². The van der Waals surface area contributed by atoms with Gasteiger partial charge in [0.15, 0.2) is 0 Å². The standard InChI is InChI=1S/C13H25N3/c1-5-6-13-12(9-14-4)10-15-16(13)8-7-11(2)3/h10-11,14H,5-9H2,1-4H3. The molecule has 0 saturated carbocycles. The molecule has 0 aliphatic rings. The fourth-order valence-corrected chi connectivity index (χ4v) is 1.89. The summed E-state index contributed by atoms with van der Waals surface area (Å²) in [6, 6.07) is 0. The maximum absolute atomic E-state index is 4.50. The molecule has 1 aromatic heterocycles. The van der Waals surface area contributed by atoms with Crippen LogP contribution in [-0.4, -0.2) is 16.8 Å². The van der Waals surface area contributed by atoms with Crippen molar-refractivity contribution in [1.82, 2.24) is 15.1 Å². The van der Waals surface area contributed by atoms with Gasteiger partial charge in [-0.05, 0) is 25.8 Å². The molecule has 0 saturated heterocycles. The zero-order valence-corrected chi connectivity index (χ0v) is 11.1. The summed E-state index contributed by atoms with van der Waals surface area (Å²) in [5, 5.41) is 7.71. The van der Waals surface area contributed by atoms with Crippen LogP contribution < -0.4 is 5.32 Å². The quantitative estimate of drug-likeness (QED) is 0.770. The van der Waals surface area contributed by atoms with Crippen molar-refractivity contribution in [3.8, 4) is 0 Å². The van der Waals surface area contributed by atoms with Crippen molar-refractivity contribution in [1.29, 1.82) is 0 Å². The van der Waals surface area contributed by atoms with Crippen molar-refractivity contribution in [3.05, 3.63) is 17.5 Å². The predicted molar refractivity (Wildman–Crippen MR) is 68.4 cm³/mol. The Balaban J connectivity index is 2.73. The second-order valence-corrected chi connectivity index (χ2v) is 4.80. The first-order valence-electron chi connectivity index (χ1n) is 6.37. The first-order chi connectivity index (χ1) is 7.69. The minimum absolute atomic E-state index is 0.742. The van der Waals surface area contributed by atoms with Crippen LogP contribution in [0, 0.1) is 5.92 Å². The van der Waals surface area contributed by atoms with Gasteiger partial charge in [0.2, 0.25) is 0 Å². The van der Waals surface area contributed by atoms with Crippen molar-refractivity contribution in [2.45, 2.75) is 53.1 Å². The van der Waals surface area contributed by atoms with Crippen LogP contribution in [0.4, 0.5) is 0 Å². The van der Waals surface area contributed by atoms with E-state index >= 15 is 0 Å². The molecule has 0 unspecified atom stereocenters. The lowest BCUT2D eigenvalue weighted by Gasteiger charge is -2.10. The summed E-state index contributed by atoms with van der Waals surface area (Å²) in [6.07, 6.45) is 5.54. The SMILES string of the molecule is CCCc1c(CNC)cnn1CCC(C)C. The lowest BCUT2D eigenvalue weighted by molar-refractivity contribution is 0.473. The average molecular weight is 223 g/mol. The predicted octanol–water partition coefficient (Wildman–Crippen LogP) is 2.60. The van der Waals surface area contributed by atoms with Crippen molar-refractivity contribution < 1.29 is 0 Å². The summed E-state index contributed by atoms with van der Waals surface area (Å²) in [5.41, 5.74) is 2.77. The Bertz CT molecular complexity index is 302. The molecule has 0 fully saturated rings. The van der Waals surface area contributed by atoms with Gasteiger partial charge in [0.25, 0.3) is 0 Å². The van der Waals surface area contributed by atoms with Crippen LogP contribution in [0.1, 0.15) is 44.9 Å². The summed E-state index contributed by atoms with van der Waals surface area (Å²) < 4.78 is 2.19. The summed E-state index contributed by atoms with van der Waals surface area (Å²) >= 11 is 0. The van der Waals surface area contributed by atoms with Gasteiger partial charge in [0.1, 0.15) is 0 Å². The maximum atomic E-state index is 4.50. The van der Waals surface area contributed by atoms with E-state index in [1.807, 2.05) is 13.2 Å². The van der Waals surface area contributed by atoms with Gasteiger partial charge >= 0.3 is 0 Å². The van der Waals surface area contributed by atoms with Crippen molar-refractivity contribution >= 4 is 0 Å². The van der Waals surface area contributed by atoms with E-state index in [2.05, 4.69) is 35.9 Å². The third-order valence-corrected chi connectivity index (χ3v) is 2.81. The Hall–Kier alpha value is -0.830. The summed E-state index contributed by atoms with van der Waals surface area (Å²) in [4.78, 5) is 0. The highest BCUT2D eigenvalue weighted by atomic mass is 15.3. The average Bonchev–Trinajstić information content (AvgIpc) is 2.60. The molecule has 1 N–H and O–H groups in total. The Kier molecular flexibility index (Phi) is 5.53. The molecular weight excluding hydrogens is 198 g/mol. The van der Waals surface area contributed by atoms with Gasteiger partial charge in [-0.1, -0.05) is 27.2 Å². The molecule has 0 bridgehead atoms. The smallest absolute Gasteiger partial charge is 0.0537 e. The van der Waals surface area contributed by atoms with Gasteiger partial charge < -0.3 is 5.32 Å². The Labute approximate surface area is 99.2 Å². The van der Waals surface area contributed by atoms with E-state index in [4.69, 9.17) is 0 Å². The fourth-order valence-electron chi connectivity index (χ4n) is 1.89. The number of hydrogen-bond donors (Lipinski definition) is 1. The summed E-state index contributed by atoms with van der Waals surface area (Å²) in [5.74, 6) is 0.742. The molecule has 16 heavy (non-hydrogen) atoms. The molecule has 0 atom stereocenters. The minimum atomic E-state index is 0.742. The van der Waals surface area contributed by atoms with E-state index in [1.54, 1.807) is 0 Å². The molecule has 0 spiro atoms. The molecule has 0 aliphatic carbocycles. The molecule has 3 heteroatoms. The number of hydrogen-bond acceptors (Lipinski definition) is 2. The molecule has 1 heterocycles. The first kappa shape index (κ1) is 13.2. The second-order valence-electron chi connectivity index (χ2n) is 4.80. The molecule has 0 radical (unpaired) electrons. The molecule has 0 aromatic carbocycles. The van der Waals surface area contributed by atoms with Gasteiger partial charge in [0, 0.05) is 24.3 Å². The molecule has 0 amide bonds. The number of aryl methyl sites for hydroxylation is 1. The summed E-state index contributed by atoms with van der Waals surface area (Å²) in [7, 11) is 1.99. The number of nitrogens with one attached hydrogen (secondary N) is 1. The second kappa shape index (κ2) is 6.69. The highest BCUT2D eigenvalue weighted by Gasteiger charge is 2.09. The Morgan fingerprint density at radius 1 is 1.44 bits per heavy atom. The third kappa shape index (κ3) is 3.63. The van der Waals surface area contributed by atoms with Crippen LogP contribution in [0.25, 0.3) is 0 Å².